The summed E-state index contributed by atoms with van der Waals surface area (Å²) in [4.78, 5) is 2.60. The number of hydrogen-bond acceptors (Lipinski definition) is 2. The molecule has 0 spiro atoms. The largest absolute Gasteiger partial charge is 0.387 e. The van der Waals surface area contributed by atoms with Crippen LogP contribution in [0.1, 0.15) is 57.1 Å². The van der Waals surface area contributed by atoms with Gasteiger partial charge in [-0.15, -0.1) is 0 Å². The fourth-order valence-electron chi connectivity index (χ4n) is 4.28. The van der Waals surface area contributed by atoms with Crippen LogP contribution in [0.3, 0.4) is 0 Å². The van der Waals surface area contributed by atoms with Gasteiger partial charge < -0.3 is 5.11 Å². The molecule has 0 bridgehead atoms. The Kier molecular flexibility index (Phi) is 4.42. The highest BCUT2D eigenvalue weighted by Crippen LogP contribution is 2.38. The Morgan fingerprint density at radius 1 is 1.05 bits per heavy atom. The van der Waals surface area contributed by atoms with Crippen LogP contribution in [-0.4, -0.2) is 28.6 Å². The van der Waals surface area contributed by atoms with Crippen molar-refractivity contribution in [2.24, 2.45) is 5.92 Å². The van der Waals surface area contributed by atoms with Crippen LogP contribution in [0.15, 0.2) is 30.3 Å². The number of nitrogens with zero attached hydrogens (tertiary/aromatic N) is 1. The summed E-state index contributed by atoms with van der Waals surface area (Å²) in [5.74, 6) is 0.878. The van der Waals surface area contributed by atoms with E-state index in [9.17, 15) is 5.11 Å². The summed E-state index contributed by atoms with van der Waals surface area (Å²) in [5.41, 5.74) is 1.05. The number of piperidine rings is 1. The number of hydrogen-bond donors (Lipinski definition) is 1. The van der Waals surface area contributed by atoms with Crippen molar-refractivity contribution in [3.05, 3.63) is 35.9 Å². The van der Waals surface area contributed by atoms with E-state index >= 15 is 0 Å². The van der Waals surface area contributed by atoms with E-state index in [2.05, 4.69) is 11.8 Å². The summed E-state index contributed by atoms with van der Waals surface area (Å²) in [6.07, 6.45) is 7.84. The second-order valence-electron chi connectivity index (χ2n) is 6.59. The normalized spacial score (nSPS) is 30.5. The van der Waals surface area contributed by atoms with Crippen molar-refractivity contribution in [1.82, 2.24) is 4.90 Å². The Morgan fingerprint density at radius 3 is 2.55 bits per heavy atom. The smallest absolute Gasteiger partial charge is 0.0942 e. The Labute approximate surface area is 122 Å². The molecule has 110 valence electrons. The molecule has 2 unspecified atom stereocenters. The number of fused-ring (bicyclic) bond motifs is 1. The molecule has 0 radical (unpaired) electrons. The molecule has 4 atom stereocenters. The fourth-order valence-corrected chi connectivity index (χ4v) is 4.28. The first-order valence-corrected chi connectivity index (χ1v) is 8.26. The topological polar surface area (TPSA) is 23.5 Å². The monoisotopic (exact) mass is 273 g/mol. The molecule has 0 amide bonds. The first kappa shape index (κ1) is 14.1. The van der Waals surface area contributed by atoms with Gasteiger partial charge in [-0.1, -0.05) is 43.2 Å². The maximum atomic E-state index is 10.7. The minimum atomic E-state index is -0.364. The number of benzene rings is 1. The van der Waals surface area contributed by atoms with E-state index < -0.39 is 0 Å². The van der Waals surface area contributed by atoms with E-state index in [4.69, 9.17) is 0 Å². The van der Waals surface area contributed by atoms with Crippen molar-refractivity contribution in [2.45, 2.75) is 63.6 Å². The second kappa shape index (κ2) is 6.28. The van der Waals surface area contributed by atoms with Gasteiger partial charge in [0.1, 0.15) is 0 Å². The molecular formula is C18H27NO. The molecule has 1 N–H and O–H groups in total. The van der Waals surface area contributed by atoms with Crippen LogP contribution in [0, 0.1) is 5.92 Å². The quantitative estimate of drug-likeness (QED) is 0.906. The molecule has 1 saturated carbocycles. The Hall–Kier alpha value is -0.860. The van der Waals surface area contributed by atoms with Gasteiger partial charge in [-0.05, 0) is 50.6 Å². The molecule has 2 aliphatic rings. The molecule has 20 heavy (non-hydrogen) atoms. The third kappa shape index (κ3) is 2.77. The lowest BCUT2D eigenvalue weighted by molar-refractivity contribution is -0.0208. The van der Waals surface area contributed by atoms with Crippen molar-refractivity contribution >= 4 is 0 Å². The van der Waals surface area contributed by atoms with Gasteiger partial charge in [0.25, 0.3) is 0 Å². The molecular weight excluding hydrogens is 246 g/mol. The van der Waals surface area contributed by atoms with E-state index in [-0.39, 0.29) is 12.1 Å². The first-order chi connectivity index (χ1) is 9.77. The minimum Gasteiger partial charge on any atom is -0.387 e. The maximum Gasteiger partial charge on any atom is 0.0942 e. The summed E-state index contributed by atoms with van der Waals surface area (Å²) in [5, 5.41) is 10.7. The molecule has 2 nitrogen and oxygen atoms in total. The summed E-state index contributed by atoms with van der Waals surface area (Å²) in [6.45, 7) is 3.36. The predicted molar refractivity (Wildman–Crippen MR) is 82.5 cm³/mol. The number of aliphatic hydroxyl groups is 1. The van der Waals surface area contributed by atoms with Gasteiger partial charge in [0, 0.05) is 12.1 Å². The van der Waals surface area contributed by atoms with Crippen molar-refractivity contribution in [3.63, 3.8) is 0 Å². The van der Waals surface area contributed by atoms with Gasteiger partial charge >= 0.3 is 0 Å². The molecule has 1 aliphatic carbocycles. The van der Waals surface area contributed by atoms with E-state index in [1.54, 1.807) is 0 Å². The predicted octanol–water partition coefficient (Wildman–Crippen LogP) is 3.76. The Bertz CT molecular complexity index is 417. The fraction of sp³-hybridized carbons (Fsp3) is 0.667. The summed E-state index contributed by atoms with van der Waals surface area (Å²) >= 11 is 0. The molecule has 2 fully saturated rings. The average molecular weight is 273 g/mol. The molecule has 1 heterocycles. The highest BCUT2D eigenvalue weighted by Gasteiger charge is 2.37. The van der Waals surface area contributed by atoms with Crippen LogP contribution in [-0.2, 0) is 0 Å². The van der Waals surface area contributed by atoms with Crippen molar-refractivity contribution in [2.75, 3.05) is 6.54 Å². The Morgan fingerprint density at radius 2 is 1.75 bits per heavy atom. The highest BCUT2D eigenvalue weighted by molar-refractivity contribution is 5.18. The van der Waals surface area contributed by atoms with E-state index in [0.29, 0.717) is 6.04 Å². The third-order valence-corrected chi connectivity index (χ3v) is 5.41. The van der Waals surface area contributed by atoms with E-state index in [1.807, 2.05) is 30.3 Å². The van der Waals surface area contributed by atoms with Gasteiger partial charge in [-0.2, -0.15) is 0 Å². The summed E-state index contributed by atoms with van der Waals surface area (Å²) < 4.78 is 0. The number of likely N-dealkylation sites (tertiary alicyclic amines) is 1. The van der Waals surface area contributed by atoms with Gasteiger partial charge in [-0.3, -0.25) is 4.90 Å². The van der Waals surface area contributed by atoms with Gasteiger partial charge in [0.2, 0.25) is 0 Å². The van der Waals surface area contributed by atoms with Crippen LogP contribution >= 0.6 is 0 Å². The lowest BCUT2D eigenvalue weighted by Crippen LogP contribution is -2.52. The minimum absolute atomic E-state index is 0.225. The SMILES string of the molecule is CC(C(O)c1ccccc1)N1CCC[C@H]2CCCC[C@H]21. The second-order valence-corrected chi connectivity index (χ2v) is 6.59. The molecule has 1 aliphatic heterocycles. The maximum absolute atomic E-state index is 10.7. The zero-order valence-corrected chi connectivity index (χ0v) is 12.5. The van der Waals surface area contributed by atoms with Crippen LogP contribution < -0.4 is 0 Å². The summed E-state index contributed by atoms with van der Waals surface area (Å²) in [6, 6.07) is 11.1. The lowest BCUT2D eigenvalue weighted by Gasteiger charge is -2.48. The van der Waals surface area contributed by atoms with Crippen molar-refractivity contribution in [1.29, 1.82) is 0 Å². The van der Waals surface area contributed by atoms with E-state index in [1.165, 1.54) is 38.5 Å². The van der Waals surface area contributed by atoms with E-state index in [0.717, 1.165) is 18.0 Å². The van der Waals surface area contributed by atoms with Crippen molar-refractivity contribution < 1.29 is 5.11 Å². The number of rotatable bonds is 3. The molecule has 1 aromatic rings. The lowest BCUT2D eigenvalue weighted by atomic mass is 9.77. The van der Waals surface area contributed by atoms with Gasteiger partial charge in [0.05, 0.1) is 6.10 Å². The molecule has 1 aromatic carbocycles. The van der Waals surface area contributed by atoms with Gasteiger partial charge in [-0.25, -0.2) is 0 Å². The molecule has 3 rings (SSSR count). The standard InChI is InChI=1S/C18H27NO/c1-14(18(20)16-9-3-2-4-10-16)19-13-7-11-15-8-5-6-12-17(15)19/h2-4,9-10,14-15,17-18,20H,5-8,11-13H2,1H3/t14?,15-,17-,18?/m1/s1. The highest BCUT2D eigenvalue weighted by atomic mass is 16.3. The first-order valence-electron chi connectivity index (χ1n) is 8.26. The average Bonchev–Trinajstić information content (AvgIpc) is 2.54. The zero-order valence-electron chi connectivity index (χ0n) is 12.5. The molecule has 2 heteroatoms. The Balaban J connectivity index is 1.73. The van der Waals surface area contributed by atoms with Crippen LogP contribution in [0.4, 0.5) is 0 Å². The number of aliphatic hydroxyl groups excluding tert-OH is 1. The van der Waals surface area contributed by atoms with Crippen molar-refractivity contribution in [3.8, 4) is 0 Å². The third-order valence-electron chi connectivity index (χ3n) is 5.41. The zero-order chi connectivity index (χ0) is 13.9. The van der Waals surface area contributed by atoms with Crippen LogP contribution in [0.2, 0.25) is 0 Å². The summed E-state index contributed by atoms with van der Waals surface area (Å²) in [7, 11) is 0. The molecule has 0 aromatic heterocycles. The van der Waals surface area contributed by atoms with Gasteiger partial charge in [0.15, 0.2) is 0 Å². The van der Waals surface area contributed by atoms with Crippen LogP contribution in [0.5, 0.6) is 0 Å². The van der Waals surface area contributed by atoms with Crippen LogP contribution in [0.25, 0.3) is 0 Å². The molecule has 1 saturated heterocycles.